The third-order valence-corrected chi connectivity index (χ3v) is 1.73. The summed E-state index contributed by atoms with van der Waals surface area (Å²) in [6, 6.07) is 3.85. The Morgan fingerprint density at radius 2 is 2.42 bits per heavy atom. The van der Waals surface area contributed by atoms with E-state index in [1.165, 1.54) is 0 Å². The number of amides is 1. The van der Waals surface area contributed by atoms with Crippen molar-refractivity contribution in [3.8, 4) is 0 Å². The van der Waals surface area contributed by atoms with Crippen LogP contribution in [0.3, 0.4) is 0 Å². The Morgan fingerprint density at radius 1 is 1.67 bits per heavy atom. The normalized spacial score (nSPS) is 9.75. The average molecular weight is 164 g/mol. The van der Waals surface area contributed by atoms with Crippen molar-refractivity contribution in [3.05, 3.63) is 29.6 Å². The number of primary amides is 1. The summed E-state index contributed by atoms with van der Waals surface area (Å²) in [5, 5.41) is 0. The van der Waals surface area contributed by atoms with Crippen LogP contribution in [0, 0.1) is 6.92 Å². The highest BCUT2D eigenvalue weighted by Crippen LogP contribution is 2.05. The van der Waals surface area contributed by atoms with Gasteiger partial charge in [0.2, 0.25) is 5.91 Å². The highest BCUT2D eigenvalue weighted by molar-refractivity contribution is 5.73. The van der Waals surface area contributed by atoms with Crippen molar-refractivity contribution in [2.45, 2.75) is 19.8 Å². The SMILES string of the molecule is Cc1cccnc1CCC(N)=O. The molecule has 1 rings (SSSR count). The molecule has 0 spiro atoms. The van der Waals surface area contributed by atoms with Gasteiger partial charge < -0.3 is 5.73 Å². The number of aromatic nitrogens is 1. The number of pyridine rings is 1. The van der Waals surface area contributed by atoms with E-state index in [-0.39, 0.29) is 5.91 Å². The summed E-state index contributed by atoms with van der Waals surface area (Å²) in [5.41, 5.74) is 7.09. The Balaban J connectivity index is 2.63. The number of hydrogen-bond donors (Lipinski definition) is 1. The van der Waals surface area contributed by atoms with Gasteiger partial charge in [-0.1, -0.05) is 6.07 Å². The van der Waals surface area contributed by atoms with E-state index in [9.17, 15) is 4.79 Å². The zero-order valence-corrected chi connectivity index (χ0v) is 7.08. The van der Waals surface area contributed by atoms with Crippen LogP contribution in [0.25, 0.3) is 0 Å². The van der Waals surface area contributed by atoms with Crippen molar-refractivity contribution in [3.63, 3.8) is 0 Å². The second kappa shape index (κ2) is 3.85. The molecule has 0 saturated carbocycles. The standard InChI is InChI=1S/C9H12N2O/c1-7-3-2-6-11-8(7)4-5-9(10)12/h2-3,6H,4-5H2,1H3,(H2,10,12). The van der Waals surface area contributed by atoms with Crippen molar-refractivity contribution in [1.82, 2.24) is 4.98 Å². The quantitative estimate of drug-likeness (QED) is 0.718. The molecule has 64 valence electrons. The predicted molar refractivity (Wildman–Crippen MR) is 46.5 cm³/mol. The molecule has 0 radical (unpaired) electrons. The third kappa shape index (κ3) is 2.34. The Kier molecular flexibility index (Phi) is 2.80. The molecule has 1 aromatic rings. The van der Waals surface area contributed by atoms with Crippen molar-refractivity contribution in [1.29, 1.82) is 0 Å². The molecule has 0 atom stereocenters. The predicted octanol–water partition coefficient (Wildman–Crippen LogP) is 0.808. The Labute approximate surface area is 71.6 Å². The number of rotatable bonds is 3. The molecule has 2 N–H and O–H groups in total. The van der Waals surface area contributed by atoms with E-state index < -0.39 is 0 Å². The second-order valence-corrected chi connectivity index (χ2v) is 2.73. The molecule has 12 heavy (non-hydrogen) atoms. The molecule has 0 bridgehead atoms. The lowest BCUT2D eigenvalue weighted by Crippen LogP contribution is -2.12. The molecule has 0 aliphatic heterocycles. The fourth-order valence-electron chi connectivity index (χ4n) is 1.02. The fraction of sp³-hybridized carbons (Fsp3) is 0.333. The van der Waals surface area contributed by atoms with Crippen LogP contribution in [-0.2, 0) is 11.2 Å². The maximum absolute atomic E-state index is 10.5. The molecular formula is C9H12N2O. The van der Waals surface area contributed by atoms with Gasteiger partial charge in [-0.2, -0.15) is 0 Å². The van der Waals surface area contributed by atoms with E-state index in [1.807, 2.05) is 19.1 Å². The number of carbonyl (C=O) groups excluding carboxylic acids is 1. The van der Waals surface area contributed by atoms with E-state index in [0.29, 0.717) is 12.8 Å². The van der Waals surface area contributed by atoms with Crippen LogP contribution in [0.15, 0.2) is 18.3 Å². The lowest BCUT2D eigenvalue weighted by atomic mass is 10.1. The fourth-order valence-corrected chi connectivity index (χ4v) is 1.02. The summed E-state index contributed by atoms with van der Waals surface area (Å²) in [4.78, 5) is 14.6. The number of nitrogens with two attached hydrogens (primary N) is 1. The van der Waals surface area contributed by atoms with Gasteiger partial charge in [0, 0.05) is 18.3 Å². The summed E-state index contributed by atoms with van der Waals surface area (Å²) in [5.74, 6) is -0.278. The minimum atomic E-state index is -0.278. The van der Waals surface area contributed by atoms with Gasteiger partial charge in [-0.05, 0) is 25.0 Å². The Hall–Kier alpha value is -1.38. The van der Waals surface area contributed by atoms with Crippen LogP contribution in [-0.4, -0.2) is 10.9 Å². The van der Waals surface area contributed by atoms with Gasteiger partial charge in [0.15, 0.2) is 0 Å². The van der Waals surface area contributed by atoms with E-state index in [4.69, 9.17) is 5.73 Å². The van der Waals surface area contributed by atoms with Crippen LogP contribution in [0.1, 0.15) is 17.7 Å². The first-order valence-electron chi connectivity index (χ1n) is 3.89. The van der Waals surface area contributed by atoms with E-state index >= 15 is 0 Å². The maximum atomic E-state index is 10.5. The first-order valence-corrected chi connectivity index (χ1v) is 3.89. The summed E-state index contributed by atoms with van der Waals surface area (Å²) in [6.07, 6.45) is 2.74. The van der Waals surface area contributed by atoms with Gasteiger partial charge in [0.05, 0.1) is 0 Å². The van der Waals surface area contributed by atoms with Gasteiger partial charge >= 0.3 is 0 Å². The highest BCUT2D eigenvalue weighted by Gasteiger charge is 2.00. The van der Waals surface area contributed by atoms with Gasteiger partial charge in [-0.3, -0.25) is 9.78 Å². The molecule has 1 aromatic heterocycles. The van der Waals surface area contributed by atoms with Gasteiger partial charge in [-0.25, -0.2) is 0 Å². The molecule has 0 fully saturated rings. The van der Waals surface area contributed by atoms with Crippen molar-refractivity contribution in [2.75, 3.05) is 0 Å². The monoisotopic (exact) mass is 164 g/mol. The topological polar surface area (TPSA) is 56.0 Å². The van der Waals surface area contributed by atoms with Gasteiger partial charge in [0.1, 0.15) is 0 Å². The first kappa shape index (κ1) is 8.71. The van der Waals surface area contributed by atoms with Crippen molar-refractivity contribution in [2.24, 2.45) is 5.73 Å². The molecule has 1 heterocycles. The van der Waals surface area contributed by atoms with Crippen molar-refractivity contribution < 1.29 is 4.79 Å². The van der Waals surface area contributed by atoms with E-state index in [2.05, 4.69) is 4.98 Å². The maximum Gasteiger partial charge on any atom is 0.217 e. The van der Waals surface area contributed by atoms with Crippen molar-refractivity contribution >= 4 is 5.91 Å². The molecule has 0 aromatic carbocycles. The number of aryl methyl sites for hydroxylation is 2. The summed E-state index contributed by atoms with van der Waals surface area (Å²) in [6.45, 7) is 1.98. The van der Waals surface area contributed by atoms with Crippen LogP contribution < -0.4 is 5.73 Å². The minimum Gasteiger partial charge on any atom is -0.370 e. The van der Waals surface area contributed by atoms with Gasteiger partial charge in [-0.15, -0.1) is 0 Å². The summed E-state index contributed by atoms with van der Waals surface area (Å²) >= 11 is 0. The zero-order valence-electron chi connectivity index (χ0n) is 7.08. The minimum absolute atomic E-state index is 0.278. The lowest BCUT2D eigenvalue weighted by molar-refractivity contribution is -0.118. The first-order chi connectivity index (χ1) is 5.70. The second-order valence-electron chi connectivity index (χ2n) is 2.73. The molecule has 0 aliphatic rings. The molecule has 0 unspecified atom stereocenters. The average Bonchev–Trinajstić information content (AvgIpc) is 2.03. The highest BCUT2D eigenvalue weighted by atomic mass is 16.1. The smallest absolute Gasteiger partial charge is 0.217 e. The summed E-state index contributed by atoms with van der Waals surface area (Å²) < 4.78 is 0. The molecular weight excluding hydrogens is 152 g/mol. The molecule has 0 saturated heterocycles. The molecule has 1 amide bonds. The van der Waals surface area contributed by atoms with E-state index in [0.717, 1.165) is 11.3 Å². The number of carbonyl (C=O) groups is 1. The third-order valence-electron chi connectivity index (χ3n) is 1.73. The van der Waals surface area contributed by atoms with Crippen LogP contribution >= 0.6 is 0 Å². The number of nitrogens with zero attached hydrogens (tertiary/aromatic N) is 1. The van der Waals surface area contributed by atoms with E-state index in [1.54, 1.807) is 6.20 Å². The summed E-state index contributed by atoms with van der Waals surface area (Å²) in [7, 11) is 0. The Bertz CT molecular complexity index is 284. The molecule has 0 aliphatic carbocycles. The van der Waals surface area contributed by atoms with Crippen LogP contribution in [0.2, 0.25) is 0 Å². The van der Waals surface area contributed by atoms with Gasteiger partial charge in [0.25, 0.3) is 0 Å². The largest absolute Gasteiger partial charge is 0.370 e. The molecule has 3 nitrogen and oxygen atoms in total. The lowest BCUT2D eigenvalue weighted by Gasteiger charge is -2.00. The van der Waals surface area contributed by atoms with Crippen LogP contribution in [0.5, 0.6) is 0 Å². The zero-order chi connectivity index (χ0) is 8.97. The number of hydrogen-bond acceptors (Lipinski definition) is 2. The Morgan fingerprint density at radius 3 is 3.00 bits per heavy atom. The van der Waals surface area contributed by atoms with Crippen LogP contribution in [0.4, 0.5) is 0 Å². The molecule has 3 heteroatoms.